The second-order valence-corrected chi connectivity index (χ2v) is 6.86. The van der Waals surface area contributed by atoms with Crippen molar-refractivity contribution in [2.75, 3.05) is 51.4 Å². The number of nitrogens with two attached hydrogens (primary N) is 1. The fraction of sp³-hybridized carbons (Fsp3) is 0.643. The third-order valence-electron chi connectivity index (χ3n) is 4.17. The number of nitrogens with one attached hydrogen (secondary N) is 2. The Hall–Kier alpha value is -1.31. The van der Waals surface area contributed by atoms with E-state index in [1.807, 2.05) is 0 Å². The Bertz CT molecular complexity index is 532. The Morgan fingerprint density at radius 1 is 1.29 bits per heavy atom. The molecule has 1 aromatic heterocycles. The fourth-order valence-electron chi connectivity index (χ4n) is 2.66. The van der Waals surface area contributed by atoms with Gasteiger partial charge in [-0.3, -0.25) is 4.79 Å². The Kier molecular flexibility index (Phi) is 4.05. The van der Waals surface area contributed by atoms with E-state index >= 15 is 0 Å². The third-order valence-corrected chi connectivity index (χ3v) is 5.29. The Morgan fingerprint density at radius 2 is 1.95 bits per heavy atom. The lowest BCUT2D eigenvalue weighted by molar-refractivity contribution is 0.0968. The highest BCUT2D eigenvalue weighted by Gasteiger charge is 2.33. The topological polar surface area (TPSA) is 73.6 Å². The number of carbonyl (C=O) groups excluding carboxylic acids is 1. The molecular formula is C14H23N5OS. The van der Waals surface area contributed by atoms with Crippen molar-refractivity contribution in [3.05, 3.63) is 10.4 Å². The fourth-order valence-corrected chi connectivity index (χ4v) is 3.84. The molecule has 1 saturated carbocycles. The first-order valence-corrected chi connectivity index (χ1v) is 8.26. The molecule has 3 rings (SSSR count). The molecule has 1 saturated heterocycles. The van der Waals surface area contributed by atoms with Crippen LogP contribution in [0.15, 0.2) is 0 Å². The summed E-state index contributed by atoms with van der Waals surface area (Å²) in [5.41, 5.74) is 11.5. The molecular weight excluding hydrogens is 286 g/mol. The standard InChI is InChI=1S/C14H23N5OS/c1-16-13(20)12-11(15)10(9-3-4-9)14(21-12)17-19-7-5-18(2)6-8-19/h9,17H,3-8,15H2,1-2H3,(H,16,20). The molecule has 6 nitrogen and oxygen atoms in total. The van der Waals surface area contributed by atoms with Crippen molar-refractivity contribution in [2.45, 2.75) is 18.8 Å². The van der Waals surface area contributed by atoms with Gasteiger partial charge in [-0.15, -0.1) is 11.3 Å². The van der Waals surface area contributed by atoms with Gasteiger partial charge in [-0.1, -0.05) is 0 Å². The zero-order valence-electron chi connectivity index (χ0n) is 12.6. The van der Waals surface area contributed by atoms with Crippen LogP contribution in [-0.2, 0) is 0 Å². The molecule has 2 heterocycles. The lowest BCUT2D eigenvalue weighted by Crippen LogP contribution is -2.46. The van der Waals surface area contributed by atoms with Gasteiger partial charge >= 0.3 is 0 Å². The molecule has 1 aliphatic carbocycles. The van der Waals surface area contributed by atoms with Gasteiger partial charge in [0.15, 0.2) is 0 Å². The quantitative estimate of drug-likeness (QED) is 0.778. The normalized spacial score (nSPS) is 20.5. The highest BCUT2D eigenvalue weighted by atomic mass is 32.1. The molecule has 0 aromatic carbocycles. The monoisotopic (exact) mass is 309 g/mol. The minimum atomic E-state index is -0.0918. The van der Waals surface area contributed by atoms with E-state index in [9.17, 15) is 4.79 Å². The van der Waals surface area contributed by atoms with Gasteiger partial charge in [0.25, 0.3) is 5.91 Å². The average molecular weight is 309 g/mol. The number of hydrogen-bond donors (Lipinski definition) is 3. The number of amides is 1. The Morgan fingerprint density at radius 3 is 2.52 bits per heavy atom. The molecule has 0 unspecified atom stereocenters. The van der Waals surface area contributed by atoms with Crippen molar-refractivity contribution < 1.29 is 4.79 Å². The number of carbonyl (C=O) groups is 1. The summed E-state index contributed by atoms with van der Waals surface area (Å²) in [5.74, 6) is 0.431. The first kappa shape index (κ1) is 14.6. The van der Waals surface area contributed by atoms with Crippen molar-refractivity contribution in [2.24, 2.45) is 0 Å². The minimum Gasteiger partial charge on any atom is -0.397 e. The van der Waals surface area contributed by atoms with Gasteiger partial charge in [0.1, 0.15) is 9.88 Å². The molecule has 1 aromatic rings. The first-order valence-electron chi connectivity index (χ1n) is 7.44. The average Bonchev–Trinajstić information content (AvgIpc) is 3.26. The molecule has 0 radical (unpaired) electrons. The third kappa shape index (κ3) is 3.00. The maximum Gasteiger partial charge on any atom is 0.263 e. The molecule has 4 N–H and O–H groups in total. The molecule has 21 heavy (non-hydrogen) atoms. The largest absolute Gasteiger partial charge is 0.397 e. The highest BCUT2D eigenvalue weighted by molar-refractivity contribution is 7.18. The zero-order valence-corrected chi connectivity index (χ0v) is 13.4. The second-order valence-electron chi connectivity index (χ2n) is 5.84. The number of anilines is 2. The van der Waals surface area contributed by atoms with Gasteiger partial charge in [-0.05, 0) is 25.8 Å². The van der Waals surface area contributed by atoms with Crippen LogP contribution in [0.25, 0.3) is 0 Å². The van der Waals surface area contributed by atoms with Gasteiger partial charge < -0.3 is 21.4 Å². The van der Waals surface area contributed by atoms with E-state index in [2.05, 4.69) is 27.7 Å². The van der Waals surface area contributed by atoms with Crippen LogP contribution in [0.2, 0.25) is 0 Å². The highest BCUT2D eigenvalue weighted by Crippen LogP contribution is 2.50. The van der Waals surface area contributed by atoms with E-state index in [-0.39, 0.29) is 5.91 Å². The summed E-state index contributed by atoms with van der Waals surface area (Å²) in [6, 6.07) is 0. The zero-order chi connectivity index (χ0) is 15.0. The summed E-state index contributed by atoms with van der Waals surface area (Å²) < 4.78 is 0. The number of hydrogen-bond acceptors (Lipinski definition) is 6. The van der Waals surface area contributed by atoms with Crippen LogP contribution in [0.3, 0.4) is 0 Å². The number of rotatable bonds is 4. The summed E-state index contributed by atoms with van der Waals surface area (Å²) in [4.78, 5) is 14.9. The summed E-state index contributed by atoms with van der Waals surface area (Å²) in [6.07, 6.45) is 2.34. The van der Waals surface area contributed by atoms with Gasteiger partial charge in [0.2, 0.25) is 0 Å². The predicted molar refractivity (Wildman–Crippen MR) is 86.8 cm³/mol. The molecule has 2 aliphatic rings. The summed E-state index contributed by atoms with van der Waals surface area (Å²) in [5, 5.41) is 5.96. The predicted octanol–water partition coefficient (Wildman–Crippen LogP) is 1.14. The molecule has 2 fully saturated rings. The van der Waals surface area contributed by atoms with E-state index in [0.717, 1.165) is 36.7 Å². The van der Waals surface area contributed by atoms with E-state index in [4.69, 9.17) is 5.73 Å². The van der Waals surface area contributed by atoms with Crippen molar-refractivity contribution in [1.29, 1.82) is 0 Å². The van der Waals surface area contributed by atoms with Crippen molar-refractivity contribution in [1.82, 2.24) is 15.2 Å². The number of likely N-dealkylation sites (N-methyl/N-ethyl adjacent to an activating group) is 1. The molecule has 0 atom stereocenters. The molecule has 1 aliphatic heterocycles. The number of nitrogens with zero attached hydrogens (tertiary/aromatic N) is 2. The smallest absolute Gasteiger partial charge is 0.263 e. The Balaban J connectivity index is 1.81. The van der Waals surface area contributed by atoms with Crippen LogP contribution in [0.1, 0.15) is 34.0 Å². The van der Waals surface area contributed by atoms with Gasteiger partial charge in [0.05, 0.1) is 5.69 Å². The molecule has 116 valence electrons. The first-order chi connectivity index (χ1) is 10.1. The summed E-state index contributed by atoms with van der Waals surface area (Å²) >= 11 is 1.48. The van der Waals surface area contributed by atoms with Gasteiger partial charge in [-0.2, -0.15) is 0 Å². The SMILES string of the molecule is CNC(=O)c1sc(NN2CCN(C)CC2)c(C2CC2)c1N. The number of piperazine rings is 1. The molecule has 0 bridgehead atoms. The van der Waals surface area contributed by atoms with Gasteiger partial charge in [-0.25, -0.2) is 5.01 Å². The second kappa shape index (κ2) is 5.82. The molecule has 0 spiro atoms. The van der Waals surface area contributed by atoms with Crippen LogP contribution in [0.4, 0.5) is 10.7 Å². The summed E-state index contributed by atoms with van der Waals surface area (Å²) in [6.45, 7) is 4.06. The Labute approximate surface area is 129 Å². The van der Waals surface area contributed by atoms with Crippen molar-refractivity contribution in [3.63, 3.8) is 0 Å². The lowest BCUT2D eigenvalue weighted by atomic mass is 10.1. The number of hydrazine groups is 1. The van der Waals surface area contributed by atoms with Crippen LogP contribution in [-0.4, -0.2) is 56.1 Å². The van der Waals surface area contributed by atoms with Crippen LogP contribution < -0.4 is 16.5 Å². The van der Waals surface area contributed by atoms with Crippen molar-refractivity contribution in [3.8, 4) is 0 Å². The van der Waals surface area contributed by atoms with Crippen LogP contribution >= 0.6 is 11.3 Å². The van der Waals surface area contributed by atoms with Crippen LogP contribution in [0, 0.1) is 0 Å². The maximum atomic E-state index is 11.9. The number of nitrogen functional groups attached to an aromatic ring is 1. The maximum absolute atomic E-state index is 11.9. The van der Waals surface area contributed by atoms with E-state index in [0.29, 0.717) is 16.5 Å². The number of thiophene rings is 1. The van der Waals surface area contributed by atoms with E-state index in [1.165, 1.54) is 24.2 Å². The molecule has 1 amide bonds. The van der Waals surface area contributed by atoms with E-state index < -0.39 is 0 Å². The lowest BCUT2D eigenvalue weighted by Gasteiger charge is -2.32. The van der Waals surface area contributed by atoms with Gasteiger partial charge in [0, 0.05) is 38.8 Å². The molecule has 7 heteroatoms. The van der Waals surface area contributed by atoms with Crippen molar-refractivity contribution >= 4 is 27.9 Å². The minimum absolute atomic E-state index is 0.0918. The van der Waals surface area contributed by atoms with E-state index in [1.54, 1.807) is 7.05 Å². The van der Waals surface area contributed by atoms with Crippen LogP contribution in [0.5, 0.6) is 0 Å². The summed E-state index contributed by atoms with van der Waals surface area (Å²) in [7, 11) is 3.78.